The molecule has 1 atom stereocenters. The third-order valence-electron chi connectivity index (χ3n) is 2.39. The first-order chi connectivity index (χ1) is 6.06. The molecule has 13 heavy (non-hydrogen) atoms. The van der Waals surface area contributed by atoms with E-state index in [0.717, 1.165) is 23.8 Å². The highest BCUT2D eigenvalue weighted by Crippen LogP contribution is 2.28. The molecule has 74 valence electrons. The van der Waals surface area contributed by atoms with Gasteiger partial charge in [0.2, 0.25) is 0 Å². The van der Waals surface area contributed by atoms with E-state index in [0.29, 0.717) is 11.8 Å². The average molecular weight is 181 g/mol. The Balaban J connectivity index is 3.04. The van der Waals surface area contributed by atoms with Crippen molar-refractivity contribution in [2.45, 2.75) is 52.9 Å². The van der Waals surface area contributed by atoms with Crippen LogP contribution in [0.3, 0.4) is 0 Å². The molecular weight excluding hydrogens is 162 g/mol. The Morgan fingerprint density at radius 1 is 1.31 bits per heavy atom. The number of aromatic nitrogens is 1. The summed E-state index contributed by atoms with van der Waals surface area (Å²) in [5.41, 5.74) is 1.15. The van der Waals surface area contributed by atoms with Crippen molar-refractivity contribution in [3.8, 4) is 0 Å². The number of aryl methyl sites for hydroxylation is 1. The molecular formula is C11H19NO. The molecule has 0 aromatic carbocycles. The molecule has 0 amide bonds. The van der Waals surface area contributed by atoms with Crippen LogP contribution in [0.25, 0.3) is 0 Å². The predicted molar refractivity (Wildman–Crippen MR) is 54.0 cm³/mol. The summed E-state index contributed by atoms with van der Waals surface area (Å²) in [4.78, 5) is 4.44. The van der Waals surface area contributed by atoms with Crippen LogP contribution in [0.15, 0.2) is 4.42 Å². The van der Waals surface area contributed by atoms with Crippen LogP contribution < -0.4 is 0 Å². The van der Waals surface area contributed by atoms with Crippen LogP contribution >= 0.6 is 0 Å². The lowest BCUT2D eigenvalue weighted by molar-refractivity contribution is 0.451. The van der Waals surface area contributed by atoms with Gasteiger partial charge in [-0.1, -0.05) is 27.7 Å². The molecule has 2 nitrogen and oxygen atoms in total. The van der Waals surface area contributed by atoms with E-state index in [2.05, 4.69) is 32.7 Å². The maximum atomic E-state index is 5.59. The van der Waals surface area contributed by atoms with Crippen molar-refractivity contribution in [1.29, 1.82) is 0 Å². The van der Waals surface area contributed by atoms with Gasteiger partial charge in [0.1, 0.15) is 5.76 Å². The van der Waals surface area contributed by atoms with Crippen molar-refractivity contribution in [2.75, 3.05) is 0 Å². The first-order valence-corrected chi connectivity index (χ1v) is 5.03. The van der Waals surface area contributed by atoms with E-state index in [4.69, 9.17) is 4.42 Å². The van der Waals surface area contributed by atoms with E-state index in [-0.39, 0.29) is 0 Å². The van der Waals surface area contributed by atoms with Crippen molar-refractivity contribution < 1.29 is 4.42 Å². The molecule has 2 heteroatoms. The maximum Gasteiger partial charge on any atom is 0.191 e. The highest BCUT2D eigenvalue weighted by molar-refractivity contribution is 5.17. The number of hydrogen-bond donors (Lipinski definition) is 0. The molecule has 1 aromatic rings. The molecule has 1 rings (SSSR count). The second-order valence-corrected chi connectivity index (χ2v) is 3.95. The first kappa shape index (κ1) is 10.3. The van der Waals surface area contributed by atoms with Gasteiger partial charge in [0, 0.05) is 18.8 Å². The van der Waals surface area contributed by atoms with E-state index in [9.17, 15) is 0 Å². The smallest absolute Gasteiger partial charge is 0.191 e. The molecule has 1 aromatic heterocycles. The van der Waals surface area contributed by atoms with E-state index >= 15 is 0 Å². The van der Waals surface area contributed by atoms with Crippen LogP contribution in [0.5, 0.6) is 0 Å². The van der Waals surface area contributed by atoms with E-state index in [1.807, 2.05) is 6.92 Å². The molecule has 0 N–H and O–H groups in total. The summed E-state index contributed by atoms with van der Waals surface area (Å²) < 4.78 is 5.59. The van der Waals surface area contributed by atoms with E-state index in [1.54, 1.807) is 0 Å². The Morgan fingerprint density at radius 2 is 1.92 bits per heavy atom. The predicted octanol–water partition coefficient (Wildman–Crippen LogP) is 3.62. The molecule has 0 aliphatic rings. The van der Waals surface area contributed by atoms with Crippen molar-refractivity contribution >= 4 is 0 Å². The Morgan fingerprint density at radius 3 is 2.38 bits per heavy atom. The van der Waals surface area contributed by atoms with Crippen molar-refractivity contribution in [1.82, 2.24) is 4.98 Å². The minimum Gasteiger partial charge on any atom is -0.445 e. The number of oxazole rings is 1. The largest absolute Gasteiger partial charge is 0.445 e. The molecule has 0 saturated carbocycles. The molecule has 0 radical (unpaired) electrons. The summed E-state index contributed by atoms with van der Waals surface area (Å²) in [6.07, 6.45) is 1.12. The fourth-order valence-corrected chi connectivity index (χ4v) is 1.42. The van der Waals surface area contributed by atoms with Gasteiger partial charge in [-0.25, -0.2) is 4.98 Å². The van der Waals surface area contributed by atoms with Gasteiger partial charge in [-0.05, 0) is 6.42 Å². The minimum absolute atomic E-state index is 0.435. The summed E-state index contributed by atoms with van der Waals surface area (Å²) >= 11 is 0. The molecule has 0 aliphatic carbocycles. The second kappa shape index (κ2) is 3.95. The summed E-state index contributed by atoms with van der Waals surface area (Å²) in [7, 11) is 0. The maximum absolute atomic E-state index is 5.59. The van der Waals surface area contributed by atoms with Crippen LogP contribution in [0.2, 0.25) is 0 Å². The lowest BCUT2D eigenvalue weighted by atomic mass is 9.99. The lowest BCUT2D eigenvalue weighted by Crippen LogP contribution is -1.98. The van der Waals surface area contributed by atoms with Gasteiger partial charge in [0.05, 0.1) is 5.69 Å². The van der Waals surface area contributed by atoms with Crippen molar-refractivity contribution in [3.05, 3.63) is 17.3 Å². The summed E-state index contributed by atoms with van der Waals surface area (Å²) in [6.45, 7) is 10.6. The van der Waals surface area contributed by atoms with Gasteiger partial charge >= 0.3 is 0 Å². The van der Waals surface area contributed by atoms with E-state index in [1.165, 1.54) is 0 Å². The molecule has 0 aliphatic heterocycles. The lowest BCUT2D eigenvalue weighted by Gasteiger charge is -2.08. The van der Waals surface area contributed by atoms with Gasteiger partial charge in [-0.15, -0.1) is 0 Å². The molecule has 0 bridgehead atoms. The van der Waals surface area contributed by atoms with Crippen LogP contribution in [0.4, 0.5) is 0 Å². The van der Waals surface area contributed by atoms with Gasteiger partial charge in [0.15, 0.2) is 5.89 Å². The quantitative estimate of drug-likeness (QED) is 0.711. The zero-order valence-corrected chi connectivity index (χ0v) is 9.22. The number of nitrogens with zero attached hydrogens (tertiary/aromatic N) is 1. The van der Waals surface area contributed by atoms with Crippen LogP contribution in [0, 0.1) is 6.92 Å². The fourth-order valence-electron chi connectivity index (χ4n) is 1.42. The summed E-state index contributed by atoms with van der Waals surface area (Å²) in [6, 6.07) is 0. The van der Waals surface area contributed by atoms with Gasteiger partial charge in [-0.3, -0.25) is 0 Å². The van der Waals surface area contributed by atoms with Gasteiger partial charge < -0.3 is 4.42 Å². The SMILES string of the molecule is CCC(C)c1nc(C)oc1C(C)C. The third-order valence-corrected chi connectivity index (χ3v) is 2.39. The highest BCUT2D eigenvalue weighted by Gasteiger charge is 2.18. The van der Waals surface area contributed by atoms with Crippen molar-refractivity contribution in [3.63, 3.8) is 0 Å². The Kier molecular flexibility index (Phi) is 3.12. The number of hydrogen-bond acceptors (Lipinski definition) is 2. The topological polar surface area (TPSA) is 26.0 Å². The standard InChI is InChI=1S/C11H19NO/c1-6-8(4)10-11(7(2)3)13-9(5)12-10/h7-8H,6H2,1-5H3. The van der Waals surface area contributed by atoms with Crippen LogP contribution in [-0.4, -0.2) is 4.98 Å². The van der Waals surface area contributed by atoms with Crippen LogP contribution in [-0.2, 0) is 0 Å². The van der Waals surface area contributed by atoms with Crippen molar-refractivity contribution in [2.24, 2.45) is 0 Å². The molecule has 1 heterocycles. The third kappa shape index (κ3) is 2.11. The van der Waals surface area contributed by atoms with Gasteiger partial charge in [0.25, 0.3) is 0 Å². The Hall–Kier alpha value is -0.790. The highest BCUT2D eigenvalue weighted by atomic mass is 16.4. The normalized spacial score (nSPS) is 13.7. The minimum atomic E-state index is 0.435. The summed E-state index contributed by atoms with van der Waals surface area (Å²) in [5.74, 6) is 2.80. The first-order valence-electron chi connectivity index (χ1n) is 5.03. The summed E-state index contributed by atoms with van der Waals surface area (Å²) in [5, 5.41) is 0. The molecule has 0 fully saturated rings. The second-order valence-electron chi connectivity index (χ2n) is 3.95. The monoisotopic (exact) mass is 181 g/mol. The number of rotatable bonds is 3. The van der Waals surface area contributed by atoms with Gasteiger partial charge in [-0.2, -0.15) is 0 Å². The van der Waals surface area contributed by atoms with E-state index < -0.39 is 0 Å². The fraction of sp³-hybridized carbons (Fsp3) is 0.727. The molecule has 1 unspecified atom stereocenters. The molecule has 0 spiro atoms. The van der Waals surface area contributed by atoms with Crippen LogP contribution in [0.1, 0.15) is 63.3 Å². The zero-order chi connectivity index (χ0) is 10.0. The Labute approximate surface area is 80.4 Å². The molecule has 0 saturated heterocycles. The Bertz CT molecular complexity index is 276. The average Bonchev–Trinajstić information content (AvgIpc) is 2.46. The zero-order valence-electron chi connectivity index (χ0n) is 9.22.